The van der Waals surface area contributed by atoms with Gasteiger partial charge in [-0.1, -0.05) is 54.6 Å². The zero-order valence-corrected chi connectivity index (χ0v) is 19.2. The molecule has 1 saturated heterocycles. The van der Waals surface area contributed by atoms with Crippen molar-refractivity contribution in [3.63, 3.8) is 0 Å². The fourth-order valence-electron chi connectivity index (χ4n) is 4.63. The fourth-order valence-corrected chi connectivity index (χ4v) is 4.63. The van der Waals surface area contributed by atoms with Gasteiger partial charge in [-0.25, -0.2) is 9.18 Å². The summed E-state index contributed by atoms with van der Waals surface area (Å²) in [5.74, 6) is 0.281. The molecule has 0 aliphatic carbocycles. The molecule has 0 spiro atoms. The smallest absolute Gasteiger partial charge is 0.322 e. The van der Waals surface area contributed by atoms with E-state index in [-0.39, 0.29) is 11.8 Å². The number of benzene rings is 3. The molecule has 3 aromatic carbocycles. The van der Waals surface area contributed by atoms with E-state index in [4.69, 9.17) is 0 Å². The molecule has 3 aromatic rings. The molecule has 1 heterocycles. The van der Waals surface area contributed by atoms with E-state index in [1.165, 1.54) is 23.3 Å². The highest BCUT2D eigenvalue weighted by Gasteiger charge is 2.24. The van der Waals surface area contributed by atoms with Crippen LogP contribution in [0, 0.1) is 5.82 Å². The van der Waals surface area contributed by atoms with Gasteiger partial charge in [0.2, 0.25) is 0 Å². The van der Waals surface area contributed by atoms with Crippen LogP contribution >= 0.6 is 0 Å². The lowest BCUT2D eigenvalue weighted by atomic mass is 9.86. The van der Waals surface area contributed by atoms with Crippen LogP contribution in [0.3, 0.4) is 0 Å². The third kappa shape index (κ3) is 5.99. The van der Waals surface area contributed by atoms with Gasteiger partial charge in [-0.3, -0.25) is 9.80 Å². The molecular weight excluding hydrogens is 413 g/mol. The molecule has 0 aromatic heterocycles. The van der Waals surface area contributed by atoms with Crippen LogP contribution in [0.15, 0.2) is 78.9 Å². The number of amides is 2. The highest BCUT2D eigenvalue weighted by molar-refractivity contribution is 5.91. The summed E-state index contributed by atoms with van der Waals surface area (Å²) in [5, 5.41) is 2.95. The number of nitrogens with zero attached hydrogens (tertiary/aromatic N) is 2. The van der Waals surface area contributed by atoms with E-state index in [0.29, 0.717) is 19.0 Å². The molecule has 2 amide bonds. The lowest BCUT2D eigenvalue weighted by Crippen LogP contribution is -2.40. The summed E-state index contributed by atoms with van der Waals surface area (Å²) in [5.41, 5.74) is 4.58. The Morgan fingerprint density at radius 2 is 1.64 bits per heavy atom. The number of anilines is 1. The van der Waals surface area contributed by atoms with Crippen molar-refractivity contribution in [2.24, 2.45) is 0 Å². The number of hydrogen-bond acceptors (Lipinski definition) is 2. The molecule has 33 heavy (non-hydrogen) atoms. The lowest BCUT2D eigenvalue weighted by molar-refractivity contribution is 0.204. The van der Waals surface area contributed by atoms with Crippen molar-refractivity contribution in [1.82, 2.24) is 10.2 Å². The predicted octanol–water partition coefficient (Wildman–Crippen LogP) is 5.94. The van der Waals surface area contributed by atoms with E-state index in [0.717, 1.165) is 43.7 Å². The summed E-state index contributed by atoms with van der Waals surface area (Å²) in [6.45, 7) is 5.95. The molecule has 1 N–H and O–H groups in total. The van der Waals surface area contributed by atoms with Crippen molar-refractivity contribution in [2.75, 3.05) is 24.5 Å². The van der Waals surface area contributed by atoms with E-state index in [1.54, 1.807) is 0 Å². The topological polar surface area (TPSA) is 35.6 Å². The monoisotopic (exact) mass is 445 g/mol. The summed E-state index contributed by atoms with van der Waals surface area (Å²) in [4.78, 5) is 17.1. The molecule has 4 nitrogen and oxygen atoms in total. The third-order valence-corrected chi connectivity index (χ3v) is 6.37. The van der Waals surface area contributed by atoms with E-state index in [1.807, 2.05) is 54.3 Å². The van der Waals surface area contributed by atoms with Crippen LogP contribution in [0.25, 0.3) is 0 Å². The van der Waals surface area contributed by atoms with Gasteiger partial charge in [0.05, 0.1) is 6.54 Å². The SMILES string of the molecule is CCNC(=O)N(Cc1ccccc1C1CCN(Cc2ccc(F)cc2)CC1)c1ccccc1. The van der Waals surface area contributed by atoms with Gasteiger partial charge in [-0.15, -0.1) is 0 Å². The van der Waals surface area contributed by atoms with Gasteiger partial charge in [-0.05, 0) is 79.7 Å². The summed E-state index contributed by atoms with van der Waals surface area (Å²) in [7, 11) is 0. The zero-order chi connectivity index (χ0) is 23.0. The second-order valence-electron chi connectivity index (χ2n) is 8.63. The number of carbonyl (C=O) groups excluding carboxylic acids is 1. The van der Waals surface area contributed by atoms with Gasteiger partial charge < -0.3 is 5.32 Å². The molecule has 172 valence electrons. The van der Waals surface area contributed by atoms with Crippen LogP contribution in [-0.4, -0.2) is 30.6 Å². The molecular formula is C28H32FN3O. The molecule has 1 aliphatic rings. The molecule has 4 rings (SSSR count). The molecule has 1 fully saturated rings. The maximum absolute atomic E-state index is 13.2. The van der Waals surface area contributed by atoms with Crippen LogP contribution in [0.4, 0.5) is 14.9 Å². The van der Waals surface area contributed by atoms with Crippen LogP contribution in [0.5, 0.6) is 0 Å². The Balaban J connectivity index is 1.46. The Labute approximate surface area is 196 Å². The first-order valence-corrected chi connectivity index (χ1v) is 11.8. The summed E-state index contributed by atoms with van der Waals surface area (Å²) < 4.78 is 13.2. The number of urea groups is 1. The first-order chi connectivity index (χ1) is 16.1. The lowest BCUT2D eigenvalue weighted by Gasteiger charge is -2.33. The second kappa shape index (κ2) is 11.1. The van der Waals surface area contributed by atoms with Crippen molar-refractivity contribution in [2.45, 2.75) is 38.8 Å². The normalized spacial score (nSPS) is 14.7. The highest BCUT2D eigenvalue weighted by Crippen LogP contribution is 2.32. The molecule has 1 aliphatic heterocycles. The summed E-state index contributed by atoms with van der Waals surface area (Å²) in [6, 6.07) is 25.1. The Hall–Kier alpha value is -3.18. The largest absolute Gasteiger partial charge is 0.338 e. The average Bonchev–Trinajstić information content (AvgIpc) is 2.85. The number of likely N-dealkylation sites (tertiary alicyclic amines) is 1. The van der Waals surface area contributed by atoms with Crippen LogP contribution < -0.4 is 10.2 Å². The summed E-state index contributed by atoms with van der Waals surface area (Å²) >= 11 is 0. The first kappa shape index (κ1) is 23.0. The Morgan fingerprint density at radius 3 is 2.33 bits per heavy atom. The van der Waals surface area contributed by atoms with E-state index in [2.05, 4.69) is 34.5 Å². The van der Waals surface area contributed by atoms with Crippen molar-refractivity contribution in [3.8, 4) is 0 Å². The van der Waals surface area contributed by atoms with Crippen LogP contribution in [-0.2, 0) is 13.1 Å². The molecule has 0 radical (unpaired) electrons. The summed E-state index contributed by atoms with van der Waals surface area (Å²) in [6.07, 6.45) is 2.15. The average molecular weight is 446 g/mol. The molecule has 0 unspecified atom stereocenters. The van der Waals surface area contributed by atoms with E-state index >= 15 is 0 Å². The van der Waals surface area contributed by atoms with Crippen molar-refractivity contribution in [3.05, 3.63) is 101 Å². The van der Waals surface area contributed by atoms with Gasteiger partial charge in [0, 0.05) is 18.8 Å². The Kier molecular flexibility index (Phi) is 7.74. The molecule has 0 atom stereocenters. The van der Waals surface area contributed by atoms with Crippen molar-refractivity contribution < 1.29 is 9.18 Å². The molecule has 0 bridgehead atoms. The number of carbonyl (C=O) groups is 1. The highest BCUT2D eigenvalue weighted by atomic mass is 19.1. The maximum atomic E-state index is 13.2. The predicted molar refractivity (Wildman–Crippen MR) is 132 cm³/mol. The van der Waals surface area contributed by atoms with E-state index in [9.17, 15) is 9.18 Å². The zero-order valence-electron chi connectivity index (χ0n) is 19.2. The van der Waals surface area contributed by atoms with E-state index < -0.39 is 0 Å². The minimum atomic E-state index is -0.189. The van der Waals surface area contributed by atoms with Gasteiger partial charge in [0.1, 0.15) is 5.82 Å². The maximum Gasteiger partial charge on any atom is 0.322 e. The fraction of sp³-hybridized carbons (Fsp3) is 0.321. The minimum Gasteiger partial charge on any atom is -0.338 e. The van der Waals surface area contributed by atoms with Crippen molar-refractivity contribution in [1.29, 1.82) is 0 Å². The first-order valence-electron chi connectivity index (χ1n) is 11.8. The minimum absolute atomic E-state index is 0.0763. The third-order valence-electron chi connectivity index (χ3n) is 6.37. The van der Waals surface area contributed by atoms with Gasteiger partial charge in [0.25, 0.3) is 0 Å². The second-order valence-corrected chi connectivity index (χ2v) is 8.63. The molecule has 0 saturated carbocycles. The van der Waals surface area contributed by atoms with Gasteiger partial charge in [0.15, 0.2) is 0 Å². The van der Waals surface area contributed by atoms with Gasteiger partial charge >= 0.3 is 6.03 Å². The van der Waals surface area contributed by atoms with Crippen LogP contribution in [0.1, 0.15) is 42.4 Å². The number of nitrogens with one attached hydrogen (secondary N) is 1. The molecule has 5 heteroatoms. The number of piperidine rings is 1. The number of halogens is 1. The Bertz CT molecular complexity index is 1030. The van der Waals surface area contributed by atoms with Crippen molar-refractivity contribution >= 4 is 11.7 Å². The number of hydrogen-bond donors (Lipinski definition) is 1. The quantitative estimate of drug-likeness (QED) is 0.488. The Morgan fingerprint density at radius 1 is 0.970 bits per heavy atom. The standard InChI is InChI=1S/C28H32FN3O/c1-2-30-28(33)32(26-9-4-3-5-10-26)21-24-8-6-7-11-27(24)23-16-18-31(19-17-23)20-22-12-14-25(29)15-13-22/h3-15,23H,2,16-21H2,1H3,(H,30,33). The number of para-hydroxylation sites is 1. The van der Waals surface area contributed by atoms with Gasteiger partial charge in [-0.2, -0.15) is 0 Å². The number of rotatable bonds is 7. The van der Waals surface area contributed by atoms with Crippen LogP contribution in [0.2, 0.25) is 0 Å².